The summed E-state index contributed by atoms with van der Waals surface area (Å²) in [4.78, 5) is 9.00. The highest BCUT2D eigenvalue weighted by Gasteiger charge is 2.25. The fourth-order valence-electron chi connectivity index (χ4n) is 3.24. The minimum Gasteiger partial charge on any atom is -0.350 e. The zero-order chi connectivity index (χ0) is 20.7. The van der Waals surface area contributed by atoms with Gasteiger partial charge in [0.25, 0.3) is 0 Å². The van der Waals surface area contributed by atoms with Crippen LogP contribution in [0.5, 0.6) is 0 Å². The Bertz CT molecular complexity index is 1240. The molecule has 5 rings (SSSR count). The van der Waals surface area contributed by atoms with E-state index in [0.29, 0.717) is 33.7 Å². The Morgan fingerprint density at radius 3 is 2.73 bits per heavy atom. The summed E-state index contributed by atoms with van der Waals surface area (Å²) in [5.74, 6) is 0.790. The number of fused-ring (bicyclic) bond motifs is 1. The van der Waals surface area contributed by atoms with Crippen LogP contribution in [0.3, 0.4) is 0 Å². The van der Waals surface area contributed by atoms with Gasteiger partial charge in [-0.1, -0.05) is 17.7 Å². The largest absolute Gasteiger partial charge is 0.350 e. The van der Waals surface area contributed by atoms with E-state index in [2.05, 4.69) is 30.8 Å². The summed E-state index contributed by atoms with van der Waals surface area (Å²) in [5.41, 5.74) is 2.03. The first-order chi connectivity index (χ1) is 14.5. The predicted molar refractivity (Wildman–Crippen MR) is 112 cm³/mol. The smallest absolute Gasteiger partial charge is 0.225 e. The molecule has 2 aromatic carbocycles. The van der Waals surface area contributed by atoms with Crippen LogP contribution in [0.15, 0.2) is 42.5 Å². The van der Waals surface area contributed by atoms with Crippen LogP contribution in [0.1, 0.15) is 30.0 Å². The topological polar surface area (TPSA) is 78.5 Å². The van der Waals surface area contributed by atoms with Gasteiger partial charge in [-0.15, -0.1) is 0 Å². The Morgan fingerprint density at radius 2 is 1.93 bits per heavy atom. The highest BCUT2D eigenvalue weighted by molar-refractivity contribution is 6.31. The molecule has 0 atom stereocenters. The number of H-pyrrole nitrogens is 1. The molecule has 6 nitrogen and oxygen atoms in total. The molecule has 0 bridgehead atoms. The monoisotopic (exact) mass is 426 g/mol. The van der Waals surface area contributed by atoms with Crippen molar-refractivity contribution in [1.82, 2.24) is 20.2 Å². The maximum Gasteiger partial charge on any atom is 0.225 e. The van der Waals surface area contributed by atoms with Crippen molar-refractivity contribution in [1.29, 1.82) is 0 Å². The van der Waals surface area contributed by atoms with E-state index < -0.39 is 11.6 Å². The molecule has 1 aliphatic carbocycles. The van der Waals surface area contributed by atoms with E-state index in [-0.39, 0.29) is 12.5 Å². The van der Waals surface area contributed by atoms with Gasteiger partial charge in [-0.3, -0.25) is 5.10 Å². The third-order valence-corrected chi connectivity index (χ3v) is 5.21. The molecule has 0 amide bonds. The lowest BCUT2D eigenvalue weighted by Gasteiger charge is -2.11. The maximum atomic E-state index is 13.9. The fourth-order valence-corrected chi connectivity index (χ4v) is 3.41. The first-order valence-electron chi connectivity index (χ1n) is 9.52. The molecule has 9 heteroatoms. The third-order valence-electron chi connectivity index (χ3n) is 4.97. The van der Waals surface area contributed by atoms with Crippen LogP contribution in [0, 0.1) is 11.6 Å². The number of nitrogens with one attached hydrogen (secondary N) is 3. The van der Waals surface area contributed by atoms with E-state index in [0.717, 1.165) is 17.1 Å². The van der Waals surface area contributed by atoms with E-state index in [1.165, 1.54) is 25.0 Å². The number of nitrogens with zero attached hydrogens (tertiary/aromatic N) is 3. The van der Waals surface area contributed by atoms with Crippen molar-refractivity contribution in [3.05, 3.63) is 70.4 Å². The lowest BCUT2D eigenvalue weighted by molar-refractivity contribution is 0.574. The number of aromatic amines is 1. The molecule has 30 heavy (non-hydrogen) atoms. The van der Waals surface area contributed by atoms with E-state index in [1.807, 2.05) is 12.1 Å². The lowest BCUT2D eigenvalue weighted by atomic mass is 10.2. The summed E-state index contributed by atoms with van der Waals surface area (Å²) in [7, 11) is 0. The minimum atomic E-state index is -0.631. The molecule has 0 spiro atoms. The number of hydrogen-bond acceptors (Lipinski definition) is 5. The predicted octanol–water partition coefficient (Wildman–Crippen LogP) is 5.52. The second-order valence-corrected chi connectivity index (χ2v) is 7.69. The van der Waals surface area contributed by atoms with Crippen molar-refractivity contribution in [2.45, 2.75) is 25.3 Å². The van der Waals surface area contributed by atoms with Crippen molar-refractivity contribution < 1.29 is 8.78 Å². The average molecular weight is 427 g/mol. The Morgan fingerprint density at radius 1 is 1.07 bits per heavy atom. The summed E-state index contributed by atoms with van der Waals surface area (Å²) < 4.78 is 27.1. The van der Waals surface area contributed by atoms with Gasteiger partial charge in [0.15, 0.2) is 5.82 Å². The molecule has 2 aromatic heterocycles. The van der Waals surface area contributed by atoms with Crippen molar-refractivity contribution >= 4 is 40.1 Å². The second kappa shape index (κ2) is 7.53. The van der Waals surface area contributed by atoms with Crippen LogP contribution in [0.2, 0.25) is 5.02 Å². The van der Waals surface area contributed by atoms with Gasteiger partial charge in [-0.2, -0.15) is 10.1 Å². The van der Waals surface area contributed by atoms with E-state index in [4.69, 9.17) is 11.6 Å². The standard InChI is InChI=1S/C21H17ClF2N6/c22-13-4-6-15-18(7-13)26-21(25-10-12-3-5-14(23)8-16(12)24)28-20(15)27-19-9-17(29-30-19)11-1-2-11/h3-9,11H,1-2,10H2,(H3,25,26,27,28,29,30). The summed E-state index contributed by atoms with van der Waals surface area (Å²) in [6.45, 7) is 0.103. The van der Waals surface area contributed by atoms with Crippen molar-refractivity contribution in [3.8, 4) is 0 Å². The minimum absolute atomic E-state index is 0.103. The molecule has 1 saturated carbocycles. The van der Waals surface area contributed by atoms with Gasteiger partial charge in [0.2, 0.25) is 5.95 Å². The van der Waals surface area contributed by atoms with Crippen LogP contribution in [-0.4, -0.2) is 20.2 Å². The van der Waals surface area contributed by atoms with Gasteiger partial charge in [0, 0.05) is 46.3 Å². The SMILES string of the molecule is Fc1ccc(CNc2nc(Nc3cc(C4CC4)[nH]n3)c3ccc(Cl)cc3n2)c(F)c1. The number of rotatable bonds is 6. The molecule has 152 valence electrons. The average Bonchev–Trinajstić information content (AvgIpc) is 3.46. The first-order valence-corrected chi connectivity index (χ1v) is 9.90. The van der Waals surface area contributed by atoms with Crippen LogP contribution in [0.4, 0.5) is 26.4 Å². The van der Waals surface area contributed by atoms with Gasteiger partial charge < -0.3 is 10.6 Å². The number of anilines is 3. The lowest BCUT2D eigenvalue weighted by Crippen LogP contribution is -2.07. The van der Waals surface area contributed by atoms with Crippen LogP contribution in [0.25, 0.3) is 10.9 Å². The molecular formula is C21H17ClF2N6. The van der Waals surface area contributed by atoms with Crippen molar-refractivity contribution in [2.75, 3.05) is 10.6 Å². The quantitative estimate of drug-likeness (QED) is 0.378. The van der Waals surface area contributed by atoms with Crippen LogP contribution in [-0.2, 0) is 6.54 Å². The second-order valence-electron chi connectivity index (χ2n) is 7.25. The molecule has 0 aliphatic heterocycles. The first kappa shape index (κ1) is 18.7. The molecule has 3 N–H and O–H groups in total. The van der Waals surface area contributed by atoms with E-state index >= 15 is 0 Å². The fraction of sp³-hybridized carbons (Fsp3) is 0.190. The van der Waals surface area contributed by atoms with Gasteiger partial charge in [0.1, 0.15) is 17.5 Å². The highest BCUT2D eigenvalue weighted by Crippen LogP contribution is 2.40. The number of aromatic nitrogens is 4. The molecular weight excluding hydrogens is 410 g/mol. The zero-order valence-corrected chi connectivity index (χ0v) is 16.5. The van der Waals surface area contributed by atoms with Crippen molar-refractivity contribution in [2.24, 2.45) is 0 Å². The Kier molecular flexibility index (Phi) is 4.71. The van der Waals surface area contributed by atoms with Crippen LogP contribution >= 0.6 is 11.6 Å². The number of halogens is 3. The summed E-state index contributed by atoms with van der Waals surface area (Å²) in [6, 6.07) is 10.7. The summed E-state index contributed by atoms with van der Waals surface area (Å²) in [5, 5.41) is 14.9. The van der Waals surface area contributed by atoms with E-state index in [9.17, 15) is 8.78 Å². The molecule has 1 aliphatic rings. The summed E-state index contributed by atoms with van der Waals surface area (Å²) >= 11 is 6.13. The van der Waals surface area contributed by atoms with Crippen LogP contribution < -0.4 is 10.6 Å². The third kappa shape index (κ3) is 3.91. The normalized spacial score (nSPS) is 13.6. The Hall–Kier alpha value is -3.26. The van der Waals surface area contributed by atoms with Crippen molar-refractivity contribution in [3.63, 3.8) is 0 Å². The van der Waals surface area contributed by atoms with Gasteiger partial charge in [-0.25, -0.2) is 13.8 Å². The molecule has 1 fully saturated rings. The van der Waals surface area contributed by atoms with E-state index in [1.54, 1.807) is 12.1 Å². The zero-order valence-electron chi connectivity index (χ0n) is 15.7. The molecule has 0 radical (unpaired) electrons. The van der Waals surface area contributed by atoms with Gasteiger partial charge in [0.05, 0.1) is 5.52 Å². The Balaban J connectivity index is 1.45. The summed E-state index contributed by atoms with van der Waals surface area (Å²) in [6.07, 6.45) is 2.34. The van der Waals surface area contributed by atoms with Gasteiger partial charge in [-0.05, 0) is 37.1 Å². The number of benzene rings is 2. The molecule has 4 aromatic rings. The molecule has 0 unspecified atom stereocenters. The maximum absolute atomic E-state index is 13.9. The Labute approximate surface area is 175 Å². The molecule has 0 saturated heterocycles. The number of hydrogen-bond donors (Lipinski definition) is 3. The molecule has 2 heterocycles. The highest BCUT2D eigenvalue weighted by atomic mass is 35.5. The van der Waals surface area contributed by atoms with Gasteiger partial charge >= 0.3 is 0 Å².